The van der Waals surface area contributed by atoms with Gasteiger partial charge >= 0.3 is 6.36 Å². The summed E-state index contributed by atoms with van der Waals surface area (Å²) in [4.78, 5) is 25.2. The Hall–Kier alpha value is -3.87. The lowest BCUT2D eigenvalue weighted by Gasteiger charge is -2.17. The van der Waals surface area contributed by atoms with Crippen LogP contribution in [0, 0.1) is 0 Å². The van der Waals surface area contributed by atoms with Gasteiger partial charge in [0.2, 0.25) is 5.95 Å². The number of aryl methyl sites for hydroxylation is 1. The molecule has 0 aliphatic rings. The molecular weight excluding hydrogens is 457 g/mol. The minimum atomic E-state index is -5.07. The summed E-state index contributed by atoms with van der Waals surface area (Å²) in [6.07, 6.45) is -5.07. The van der Waals surface area contributed by atoms with Gasteiger partial charge in [0.1, 0.15) is 11.4 Å². The highest BCUT2D eigenvalue weighted by Crippen LogP contribution is 2.38. The number of carbonyl (C=O) groups is 2. The molecule has 2 aromatic carbocycles. The Morgan fingerprint density at radius 3 is 2.31 bits per heavy atom. The molecule has 3 aromatic rings. The molecule has 0 aliphatic carbocycles. The number of rotatable bonds is 6. The first-order valence-corrected chi connectivity index (χ1v) is 9.04. The fourth-order valence-corrected chi connectivity index (χ4v) is 2.78. The highest BCUT2D eigenvalue weighted by atomic mass is 35.5. The molecule has 0 unspecified atom stereocenters. The Labute approximate surface area is 183 Å². The van der Waals surface area contributed by atoms with Crippen molar-refractivity contribution < 1.29 is 32.2 Å². The first-order chi connectivity index (χ1) is 15.1. The third-order valence-electron chi connectivity index (χ3n) is 4.01. The molecule has 14 heteroatoms. The third-order valence-corrected chi connectivity index (χ3v) is 4.40. The number of aromatic nitrogens is 4. The molecule has 0 bridgehead atoms. The molecule has 0 saturated heterocycles. The quantitative estimate of drug-likeness (QED) is 0.567. The smallest absolute Gasteiger partial charge is 0.497 e. The van der Waals surface area contributed by atoms with E-state index in [1.807, 2.05) is 0 Å². The summed E-state index contributed by atoms with van der Waals surface area (Å²) in [7, 11) is 2.89. The van der Waals surface area contributed by atoms with Crippen molar-refractivity contribution in [3.05, 3.63) is 52.5 Å². The van der Waals surface area contributed by atoms with E-state index in [9.17, 15) is 22.8 Å². The van der Waals surface area contributed by atoms with E-state index in [4.69, 9.17) is 16.3 Å². The second-order valence-corrected chi connectivity index (χ2v) is 6.49. The van der Waals surface area contributed by atoms with Gasteiger partial charge < -0.3 is 14.8 Å². The number of hydrogen-bond acceptors (Lipinski definition) is 7. The molecule has 0 aliphatic heterocycles. The van der Waals surface area contributed by atoms with Crippen LogP contribution in [-0.2, 0) is 7.05 Å². The number of nitrogens with one attached hydrogen (secondary N) is 2. The average molecular weight is 471 g/mol. The monoisotopic (exact) mass is 470 g/mol. The summed E-state index contributed by atoms with van der Waals surface area (Å²) >= 11 is 6.20. The van der Waals surface area contributed by atoms with Crippen LogP contribution < -0.4 is 20.1 Å². The summed E-state index contributed by atoms with van der Waals surface area (Å²) in [5.74, 6) is -1.99. The van der Waals surface area contributed by atoms with Crippen molar-refractivity contribution in [1.82, 2.24) is 20.2 Å². The molecule has 0 fully saturated rings. The number of hydrogen-bond donors (Lipinski definition) is 2. The maximum atomic E-state index is 12.9. The van der Waals surface area contributed by atoms with Crippen LogP contribution in [-0.4, -0.2) is 45.5 Å². The lowest BCUT2D eigenvalue weighted by atomic mass is 10.1. The first kappa shape index (κ1) is 22.8. The number of amides is 2. The zero-order chi connectivity index (χ0) is 23.5. The molecule has 0 atom stereocenters. The zero-order valence-electron chi connectivity index (χ0n) is 16.4. The Balaban J connectivity index is 1.96. The van der Waals surface area contributed by atoms with Gasteiger partial charge in [0.25, 0.3) is 11.8 Å². The Morgan fingerprint density at radius 2 is 1.75 bits per heavy atom. The first-order valence-electron chi connectivity index (χ1n) is 8.66. The van der Waals surface area contributed by atoms with Crippen LogP contribution in [0.1, 0.15) is 20.7 Å². The topological polar surface area (TPSA) is 120 Å². The van der Waals surface area contributed by atoms with Gasteiger partial charge in [0.15, 0.2) is 5.75 Å². The normalized spacial score (nSPS) is 11.1. The zero-order valence-corrected chi connectivity index (χ0v) is 17.2. The predicted octanol–water partition coefficient (Wildman–Crippen LogP) is 3.28. The number of tetrazole rings is 1. The minimum Gasteiger partial charge on any atom is -0.497 e. The molecule has 2 amide bonds. The fraction of sp³-hybridized carbons (Fsp3) is 0.167. The number of alkyl halides is 3. The van der Waals surface area contributed by atoms with Crippen molar-refractivity contribution in [2.24, 2.45) is 7.05 Å². The van der Waals surface area contributed by atoms with Crippen LogP contribution in [0.3, 0.4) is 0 Å². The van der Waals surface area contributed by atoms with Gasteiger partial charge in [-0.1, -0.05) is 16.7 Å². The van der Waals surface area contributed by atoms with E-state index < -0.39 is 34.6 Å². The maximum absolute atomic E-state index is 12.9. The predicted molar refractivity (Wildman–Crippen MR) is 106 cm³/mol. The van der Waals surface area contributed by atoms with Crippen molar-refractivity contribution in [3.63, 3.8) is 0 Å². The molecule has 1 aromatic heterocycles. The van der Waals surface area contributed by atoms with Crippen LogP contribution in [0.25, 0.3) is 0 Å². The summed E-state index contributed by atoms with van der Waals surface area (Å²) in [5, 5.41) is 14.6. The van der Waals surface area contributed by atoms with E-state index in [0.717, 1.165) is 16.8 Å². The standard InChI is InChI=1S/C18H14ClF3N6O4/c1-28-17(25-26-27-28)24-16(30)11-7-8-12(32-18(20,21)22)14(13(11)19)23-15(29)9-3-5-10(31-2)6-4-9/h3-8H,1-2H3,(H,23,29)(H,24,25,27,30). The molecule has 168 valence electrons. The van der Waals surface area contributed by atoms with Gasteiger partial charge in [-0.25, -0.2) is 4.68 Å². The highest BCUT2D eigenvalue weighted by molar-refractivity contribution is 6.38. The molecule has 2 N–H and O–H groups in total. The van der Waals surface area contributed by atoms with Gasteiger partial charge in [0.05, 0.1) is 17.7 Å². The number of ether oxygens (including phenoxy) is 2. The van der Waals surface area contributed by atoms with Gasteiger partial charge in [-0.15, -0.1) is 13.2 Å². The van der Waals surface area contributed by atoms with Crippen molar-refractivity contribution in [2.75, 3.05) is 17.7 Å². The van der Waals surface area contributed by atoms with Crippen molar-refractivity contribution in [2.45, 2.75) is 6.36 Å². The largest absolute Gasteiger partial charge is 0.573 e. The second kappa shape index (κ2) is 9.09. The van der Waals surface area contributed by atoms with E-state index >= 15 is 0 Å². The number of halogens is 4. The van der Waals surface area contributed by atoms with Crippen LogP contribution >= 0.6 is 11.6 Å². The van der Waals surface area contributed by atoms with E-state index in [0.29, 0.717) is 5.75 Å². The Bertz CT molecular complexity index is 1150. The average Bonchev–Trinajstić information content (AvgIpc) is 3.14. The van der Waals surface area contributed by atoms with E-state index in [-0.39, 0.29) is 17.1 Å². The molecule has 1 heterocycles. The van der Waals surface area contributed by atoms with E-state index in [2.05, 4.69) is 30.9 Å². The SMILES string of the molecule is COc1ccc(C(=O)Nc2c(OC(F)(F)F)ccc(C(=O)Nc3nnnn3C)c2Cl)cc1. The fourth-order valence-electron chi connectivity index (χ4n) is 2.49. The van der Waals surface area contributed by atoms with Crippen molar-refractivity contribution >= 4 is 35.1 Å². The van der Waals surface area contributed by atoms with Gasteiger partial charge in [-0.2, -0.15) is 0 Å². The number of benzene rings is 2. The molecule has 10 nitrogen and oxygen atoms in total. The van der Waals surface area contributed by atoms with Gasteiger partial charge in [0, 0.05) is 12.6 Å². The lowest BCUT2D eigenvalue weighted by molar-refractivity contribution is -0.274. The molecular formula is C18H14ClF3N6O4. The van der Waals surface area contributed by atoms with Gasteiger partial charge in [-0.3, -0.25) is 14.9 Å². The van der Waals surface area contributed by atoms with Crippen LogP contribution in [0.15, 0.2) is 36.4 Å². The molecule has 3 rings (SSSR count). The third kappa shape index (κ3) is 5.24. The van der Waals surface area contributed by atoms with Crippen molar-refractivity contribution in [1.29, 1.82) is 0 Å². The molecule has 32 heavy (non-hydrogen) atoms. The van der Waals surface area contributed by atoms with E-state index in [1.54, 1.807) is 0 Å². The summed E-state index contributed by atoms with van der Waals surface area (Å²) in [6, 6.07) is 7.62. The maximum Gasteiger partial charge on any atom is 0.573 e. The van der Waals surface area contributed by atoms with E-state index in [1.165, 1.54) is 38.4 Å². The summed E-state index contributed by atoms with van der Waals surface area (Å²) < 4.78 is 48.7. The lowest BCUT2D eigenvalue weighted by Crippen LogP contribution is -2.21. The molecule has 0 saturated carbocycles. The van der Waals surface area contributed by atoms with Crippen LogP contribution in [0.2, 0.25) is 5.02 Å². The van der Waals surface area contributed by atoms with Crippen molar-refractivity contribution in [3.8, 4) is 11.5 Å². The molecule has 0 spiro atoms. The summed E-state index contributed by atoms with van der Waals surface area (Å²) in [5.41, 5.74) is -0.706. The number of nitrogens with zero attached hydrogens (tertiary/aromatic N) is 4. The minimum absolute atomic E-state index is 0.0366. The highest BCUT2D eigenvalue weighted by Gasteiger charge is 2.33. The van der Waals surface area contributed by atoms with Gasteiger partial charge in [-0.05, 0) is 46.8 Å². The Kier molecular flexibility index (Phi) is 6.48. The molecule has 0 radical (unpaired) electrons. The Morgan fingerprint density at radius 1 is 1.06 bits per heavy atom. The second-order valence-electron chi connectivity index (χ2n) is 6.11. The number of methoxy groups -OCH3 is 1. The number of carbonyl (C=O) groups excluding carboxylic acids is 2. The number of anilines is 2. The summed E-state index contributed by atoms with van der Waals surface area (Å²) in [6.45, 7) is 0. The van der Waals surface area contributed by atoms with Crippen LogP contribution in [0.4, 0.5) is 24.8 Å². The van der Waals surface area contributed by atoms with Crippen LogP contribution in [0.5, 0.6) is 11.5 Å².